The average Bonchev–Trinajstić information content (AvgIpc) is 3.95. The van der Waals surface area contributed by atoms with Crippen molar-refractivity contribution in [3.63, 3.8) is 0 Å². The molecule has 0 fully saturated rings. The first-order valence-electron chi connectivity index (χ1n) is 18.0. The van der Waals surface area contributed by atoms with E-state index in [1.54, 1.807) is 24.3 Å². The Morgan fingerprint density at radius 1 is 0.459 bits per heavy atom. The Balaban J connectivity index is 0.00000109. The first kappa shape index (κ1) is 47.4. The van der Waals surface area contributed by atoms with Gasteiger partial charge in [-0.25, -0.2) is 12.1 Å². The van der Waals surface area contributed by atoms with Crippen molar-refractivity contribution in [2.75, 3.05) is 0 Å². The number of benzene rings is 5. The van der Waals surface area contributed by atoms with E-state index < -0.39 is 79.1 Å². The van der Waals surface area contributed by atoms with Gasteiger partial charge in [0.15, 0.2) is 0 Å². The first-order chi connectivity index (χ1) is 28.2. The molecule has 1 atom stereocenters. The van der Waals surface area contributed by atoms with Gasteiger partial charge in [-0.05, 0) is 79.1 Å². The van der Waals surface area contributed by atoms with Crippen LogP contribution in [0.2, 0.25) is 0 Å². The van der Waals surface area contributed by atoms with Crippen LogP contribution in [0.4, 0.5) is 52.7 Å². The molecule has 0 amide bonds. The number of hydrogen-bond donors (Lipinski definition) is 0. The molecule has 0 spiro atoms. The van der Waals surface area contributed by atoms with Crippen molar-refractivity contribution < 1.29 is 69.8 Å². The van der Waals surface area contributed by atoms with Gasteiger partial charge in [0, 0.05) is 0 Å². The molecule has 7 rings (SSSR count). The van der Waals surface area contributed by atoms with E-state index in [0.717, 1.165) is 15.9 Å². The predicted molar refractivity (Wildman–Crippen MR) is 216 cm³/mol. The minimum absolute atomic E-state index is 0. The monoisotopic (exact) mass is 930 g/mol. The summed E-state index contributed by atoms with van der Waals surface area (Å²) in [4.78, 5) is 0. The molecule has 0 aliphatic rings. The fourth-order valence-electron chi connectivity index (χ4n) is 6.73. The summed E-state index contributed by atoms with van der Waals surface area (Å²) < 4.78 is 170. The minimum atomic E-state index is -5.33. The van der Waals surface area contributed by atoms with E-state index in [1.165, 1.54) is 13.0 Å². The quantitative estimate of drug-likeness (QED) is 0.0616. The van der Waals surface area contributed by atoms with Crippen LogP contribution in [0.15, 0.2) is 170 Å². The predicted octanol–water partition coefficient (Wildman–Crippen LogP) is 13.5. The molecule has 61 heavy (non-hydrogen) atoms. The van der Waals surface area contributed by atoms with Crippen molar-refractivity contribution in [2.24, 2.45) is 0 Å². The molecular weight excluding hydrogens is 898 g/mol. The second kappa shape index (κ2) is 19.2. The summed E-state index contributed by atoms with van der Waals surface area (Å²) >= 11 is 0. The standard InChI is InChI=1S/C41H27F12P2.C5H5.Fe/c1-25(34-16-10-17-35(34)36-15-8-9-18-37(36)55(30-11-4-2-5-12-30)31-13-6-3-7-14-31)54(32-21-26(38(42,43)44)19-27(22-32)39(45,46)47)33-23-28(40(48,49)50)20-29(24-33)41(51,52)53;1-2-4-5-3-1;/h2-25H,1H3;1-5H;/q2*-1;+2. The molecule has 1 unspecified atom stereocenters. The Hall–Kier alpha value is -4.66. The first-order valence-corrected chi connectivity index (χ1v) is 20.8. The Bertz CT molecular complexity index is 2270. The van der Waals surface area contributed by atoms with E-state index in [4.69, 9.17) is 0 Å². The van der Waals surface area contributed by atoms with Gasteiger partial charge in [-0.1, -0.05) is 96.7 Å². The van der Waals surface area contributed by atoms with Crippen LogP contribution in [0, 0.1) is 0 Å². The maximum atomic E-state index is 14.1. The van der Waals surface area contributed by atoms with Gasteiger partial charge in [-0.15, -0.1) is 29.3 Å². The van der Waals surface area contributed by atoms with Crippen molar-refractivity contribution in [3.8, 4) is 11.1 Å². The van der Waals surface area contributed by atoms with E-state index in [0.29, 0.717) is 41.0 Å². The SMILES string of the molecule is CC(c1ccc[c-]1-c1ccccc1P(c1ccccc1)c1ccccc1)P(c1cc(C(F)(F)F)cc(C(F)(F)F)c1)c1cc(C(F)(F)F)cc(C(F)(F)F)c1.[Fe+2].c1cc[cH-]c1. The van der Waals surface area contributed by atoms with Crippen LogP contribution in [0.5, 0.6) is 0 Å². The fraction of sp³-hybridized carbons (Fsp3) is 0.130. The molecule has 15 heteroatoms. The second-order valence-corrected chi connectivity index (χ2v) is 18.2. The van der Waals surface area contributed by atoms with Gasteiger partial charge >= 0.3 is 41.8 Å². The van der Waals surface area contributed by atoms with Crippen molar-refractivity contribution in [3.05, 3.63) is 198 Å². The van der Waals surface area contributed by atoms with E-state index >= 15 is 0 Å². The van der Waals surface area contributed by atoms with Crippen LogP contribution in [0.25, 0.3) is 11.1 Å². The number of hydrogen-bond acceptors (Lipinski definition) is 0. The third-order valence-electron chi connectivity index (χ3n) is 9.41. The Morgan fingerprint density at radius 2 is 0.852 bits per heavy atom. The van der Waals surface area contributed by atoms with Crippen LogP contribution in [0.3, 0.4) is 0 Å². The molecule has 0 bridgehead atoms. The van der Waals surface area contributed by atoms with Crippen LogP contribution in [0.1, 0.15) is 40.4 Å². The molecule has 0 saturated heterocycles. The van der Waals surface area contributed by atoms with E-state index in [1.807, 2.05) is 103 Å². The van der Waals surface area contributed by atoms with Crippen molar-refractivity contribution in [1.82, 2.24) is 0 Å². The number of halogens is 12. The van der Waals surface area contributed by atoms with Crippen LogP contribution < -0.4 is 26.5 Å². The molecule has 0 aliphatic heterocycles. The Labute approximate surface area is 357 Å². The zero-order valence-electron chi connectivity index (χ0n) is 31.5. The number of rotatable bonds is 8. The van der Waals surface area contributed by atoms with Crippen LogP contribution in [-0.4, -0.2) is 0 Å². The fourth-order valence-corrected chi connectivity index (χ4v) is 12.0. The topological polar surface area (TPSA) is 0 Å². The molecule has 0 heterocycles. The largest absolute Gasteiger partial charge is 2.00 e. The maximum Gasteiger partial charge on any atom is 2.00 e. The Kier molecular flexibility index (Phi) is 14.9. The van der Waals surface area contributed by atoms with Gasteiger partial charge in [-0.2, -0.15) is 77.0 Å². The van der Waals surface area contributed by atoms with Gasteiger partial charge in [0.1, 0.15) is 0 Å². The molecule has 318 valence electrons. The van der Waals surface area contributed by atoms with E-state index in [-0.39, 0.29) is 29.2 Å². The summed E-state index contributed by atoms with van der Waals surface area (Å²) in [5.41, 5.74) is -6.78. The molecule has 0 aliphatic carbocycles. The van der Waals surface area contributed by atoms with Gasteiger partial charge < -0.3 is 0 Å². The Morgan fingerprint density at radius 3 is 1.23 bits per heavy atom. The summed E-state index contributed by atoms with van der Waals surface area (Å²) in [6, 6.07) is 42.2. The molecule has 0 radical (unpaired) electrons. The van der Waals surface area contributed by atoms with Crippen molar-refractivity contribution >= 4 is 42.4 Å². The minimum Gasteiger partial charge on any atom is -0.214 e. The zero-order chi connectivity index (χ0) is 43.5. The van der Waals surface area contributed by atoms with Gasteiger partial charge in [0.05, 0.1) is 22.3 Å². The van der Waals surface area contributed by atoms with Gasteiger partial charge in [0.2, 0.25) is 0 Å². The van der Waals surface area contributed by atoms with Crippen LogP contribution >= 0.6 is 15.8 Å². The summed E-state index contributed by atoms with van der Waals surface area (Å²) in [6.45, 7) is 1.39. The molecular formula is C46H32F12FeP2. The molecule has 0 aromatic heterocycles. The third-order valence-corrected chi connectivity index (χ3v) is 14.6. The molecule has 7 aromatic rings. The molecule has 7 aromatic carbocycles. The zero-order valence-corrected chi connectivity index (χ0v) is 34.4. The maximum absolute atomic E-state index is 14.1. The second-order valence-electron chi connectivity index (χ2n) is 13.5. The molecule has 0 N–H and O–H groups in total. The number of alkyl halides is 12. The van der Waals surface area contributed by atoms with E-state index in [9.17, 15) is 52.7 Å². The third kappa shape index (κ3) is 11.4. The smallest absolute Gasteiger partial charge is 0.214 e. The van der Waals surface area contributed by atoms with Crippen molar-refractivity contribution in [1.29, 1.82) is 0 Å². The van der Waals surface area contributed by atoms with Crippen LogP contribution in [-0.2, 0) is 41.8 Å². The van der Waals surface area contributed by atoms with Gasteiger partial charge in [-0.3, -0.25) is 0 Å². The summed E-state index contributed by atoms with van der Waals surface area (Å²) in [6.07, 6.45) is -21.3. The van der Waals surface area contributed by atoms with Crippen molar-refractivity contribution in [2.45, 2.75) is 37.3 Å². The summed E-state index contributed by atoms with van der Waals surface area (Å²) in [7, 11) is -4.10. The van der Waals surface area contributed by atoms with Gasteiger partial charge in [0.25, 0.3) is 0 Å². The molecule has 0 nitrogen and oxygen atoms in total. The summed E-state index contributed by atoms with van der Waals surface area (Å²) in [5, 5.41) is 1.32. The summed E-state index contributed by atoms with van der Waals surface area (Å²) in [5.74, 6) is 0. The van der Waals surface area contributed by atoms with E-state index in [2.05, 4.69) is 0 Å². The average molecular weight is 931 g/mol. The molecule has 0 saturated carbocycles. The normalized spacial score (nSPS) is 12.8.